The number of esters is 1. The van der Waals surface area contributed by atoms with Crippen LogP contribution in [-0.2, 0) is 9.47 Å². The van der Waals surface area contributed by atoms with Crippen molar-refractivity contribution in [2.45, 2.75) is 18.9 Å². The molecule has 1 aromatic carbocycles. The summed E-state index contributed by atoms with van der Waals surface area (Å²) in [5.74, 6) is -0.346. The van der Waals surface area contributed by atoms with Gasteiger partial charge in [-0.1, -0.05) is 12.1 Å². The number of hydrogen-bond acceptors (Lipinski definition) is 6. The fourth-order valence-electron chi connectivity index (χ4n) is 3.29. The van der Waals surface area contributed by atoms with Gasteiger partial charge in [0.05, 0.1) is 23.9 Å². The lowest BCUT2D eigenvalue weighted by Gasteiger charge is -2.25. The Bertz CT molecular complexity index is 951. The number of anilines is 1. The molecule has 0 atom stereocenters. The number of nitrogens with zero attached hydrogens (tertiary/aromatic N) is 2. The van der Waals surface area contributed by atoms with E-state index in [0.29, 0.717) is 11.6 Å². The number of benzene rings is 1. The molecule has 6 nitrogen and oxygen atoms in total. The van der Waals surface area contributed by atoms with E-state index in [1.54, 1.807) is 18.3 Å². The van der Waals surface area contributed by atoms with Crippen molar-refractivity contribution < 1.29 is 14.3 Å². The molecule has 0 bridgehead atoms. The predicted octanol–water partition coefficient (Wildman–Crippen LogP) is 3.67. The molecule has 0 unspecified atom stereocenters. The lowest BCUT2D eigenvalue weighted by molar-refractivity contribution is 0.0600. The fourth-order valence-corrected chi connectivity index (χ4v) is 3.29. The summed E-state index contributed by atoms with van der Waals surface area (Å²) in [6.07, 6.45) is 5.55. The molecule has 0 aliphatic carbocycles. The zero-order valence-electron chi connectivity index (χ0n) is 15.1. The Hall–Kier alpha value is -2.99. The lowest BCUT2D eigenvalue weighted by Crippen LogP contribution is -2.28. The van der Waals surface area contributed by atoms with Gasteiger partial charge < -0.3 is 14.8 Å². The van der Waals surface area contributed by atoms with E-state index in [1.807, 2.05) is 30.5 Å². The Morgan fingerprint density at radius 2 is 1.96 bits per heavy atom. The van der Waals surface area contributed by atoms with E-state index in [-0.39, 0.29) is 5.97 Å². The Balaban J connectivity index is 1.71. The van der Waals surface area contributed by atoms with Crippen molar-refractivity contribution in [1.29, 1.82) is 0 Å². The molecule has 138 valence electrons. The minimum atomic E-state index is -0.346. The van der Waals surface area contributed by atoms with Gasteiger partial charge in [-0.05, 0) is 37.1 Å². The number of nitrogens with one attached hydrogen (secondary N) is 1. The number of methoxy groups -OCH3 is 1. The van der Waals surface area contributed by atoms with Crippen LogP contribution < -0.4 is 5.32 Å². The predicted molar refractivity (Wildman–Crippen MR) is 104 cm³/mol. The van der Waals surface area contributed by atoms with Gasteiger partial charge in [-0.3, -0.25) is 4.98 Å². The monoisotopic (exact) mass is 363 g/mol. The molecule has 1 fully saturated rings. The molecule has 3 heterocycles. The Labute approximate surface area is 157 Å². The average Bonchev–Trinajstić information content (AvgIpc) is 2.74. The van der Waals surface area contributed by atoms with Gasteiger partial charge in [-0.15, -0.1) is 0 Å². The zero-order valence-corrected chi connectivity index (χ0v) is 15.1. The number of ether oxygens (including phenoxy) is 2. The second-order valence-electron chi connectivity index (χ2n) is 6.55. The quantitative estimate of drug-likeness (QED) is 0.713. The minimum Gasteiger partial charge on any atom is -0.465 e. The summed E-state index contributed by atoms with van der Waals surface area (Å²) < 4.78 is 10.2. The molecule has 1 saturated heterocycles. The molecule has 0 spiro atoms. The summed E-state index contributed by atoms with van der Waals surface area (Å²) in [6, 6.07) is 11.6. The van der Waals surface area contributed by atoms with Crippen LogP contribution in [-0.4, -0.2) is 42.3 Å². The lowest BCUT2D eigenvalue weighted by atomic mass is 10.0. The molecule has 27 heavy (non-hydrogen) atoms. The second-order valence-corrected chi connectivity index (χ2v) is 6.55. The van der Waals surface area contributed by atoms with Gasteiger partial charge in [0.2, 0.25) is 0 Å². The first-order valence-corrected chi connectivity index (χ1v) is 9.02. The van der Waals surface area contributed by atoms with Gasteiger partial charge in [-0.2, -0.15) is 0 Å². The maximum atomic E-state index is 11.6. The first kappa shape index (κ1) is 17.4. The van der Waals surface area contributed by atoms with Crippen LogP contribution in [0.1, 0.15) is 23.2 Å². The van der Waals surface area contributed by atoms with Crippen molar-refractivity contribution in [2.75, 3.05) is 25.6 Å². The van der Waals surface area contributed by atoms with Crippen LogP contribution >= 0.6 is 0 Å². The first-order valence-electron chi connectivity index (χ1n) is 9.02. The van der Waals surface area contributed by atoms with Gasteiger partial charge in [0.15, 0.2) is 0 Å². The van der Waals surface area contributed by atoms with Crippen LogP contribution in [0.15, 0.2) is 48.8 Å². The third kappa shape index (κ3) is 3.75. The molecule has 1 aliphatic heterocycles. The summed E-state index contributed by atoms with van der Waals surface area (Å²) >= 11 is 0. The summed E-state index contributed by atoms with van der Waals surface area (Å²) in [5.41, 5.74) is 4.21. The van der Waals surface area contributed by atoms with Gasteiger partial charge >= 0.3 is 5.97 Å². The van der Waals surface area contributed by atoms with Gasteiger partial charge in [0.25, 0.3) is 0 Å². The molecule has 6 heteroatoms. The number of carbonyl (C=O) groups excluding carboxylic acids is 1. The standard InChI is InChI=1S/C21H21N3O3/c1-26-21(25)15-4-2-14(3-5-15)19-12-20(23-16-7-10-27-11-8-16)17-13-22-9-6-18(17)24-19/h2-6,9,12-13,16H,7-8,10-11H2,1H3,(H,23,24). The largest absolute Gasteiger partial charge is 0.465 e. The normalized spacial score (nSPS) is 14.9. The summed E-state index contributed by atoms with van der Waals surface area (Å²) in [5, 5.41) is 4.64. The Morgan fingerprint density at radius 1 is 1.19 bits per heavy atom. The maximum Gasteiger partial charge on any atom is 0.337 e. The fraction of sp³-hybridized carbons (Fsp3) is 0.286. The van der Waals surface area contributed by atoms with E-state index in [9.17, 15) is 4.79 Å². The van der Waals surface area contributed by atoms with Crippen LogP contribution in [0.3, 0.4) is 0 Å². The molecule has 0 radical (unpaired) electrons. The summed E-state index contributed by atoms with van der Waals surface area (Å²) in [7, 11) is 1.38. The van der Waals surface area contributed by atoms with Crippen LogP contribution in [0.2, 0.25) is 0 Å². The first-order chi connectivity index (χ1) is 13.2. The van der Waals surface area contributed by atoms with E-state index in [4.69, 9.17) is 14.5 Å². The van der Waals surface area contributed by atoms with Crippen LogP contribution in [0.25, 0.3) is 22.2 Å². The summed E-state index contributed by atoms with van der Waals surface area (Å²) in [4.78, 5) is 20.7. The molecule has 1 N–H and O–H groups in total. The van der Waals surface area contributed by atoms with E-state index >= 15 is 0 Å². The SMILES string of the molecule is COC(=O)c1ccc(-c2cc(NC3CCOCC3)c3cnccc3n2)cc1. The van der Waals surface area contributed by atoms with Gasteiger partial charge in [0, 0.05) is 48.3 Å². The van der Waals surface area contributed by atoms with Crippen LogP contribution in [0, 0.1) is 0 Å². The molecule has 0 saturated carbocycles. The molecule has 2 aromatic heterocycles. The van der Waals surface area contributed by atoms with Crippen LogP contribution in [0.5, 0.6) is 0 Å². The number of aromatic nitrogens is 2. The molecule has 0 amide bonds. The van der Waals surface area contributed by atoms with Gasteiger partial charge in [0.1, 0.15) is 0 Å². The van der Waals surface area contributed by atoms with E-state index < -0.39 is 0 Å². The number of fused-ring (bicyclic) bond motifs is 1. The average molecular weight is 363 g/mol. The van der Waals surface area contributed by atoms with E-state index in [0.717, 1.165) is 53.9 Å². The highest BCUT2D eigenvalue weighted by molar-refractivity contribution is 5.94. The van der Waals surface area contributed by atoms with Crippen LogP contribution in [0.4, 0.5) is 5.69 Å². The topological polar surface area (TPSA) is 73.3 Å². The van der Waals surface area contributed by atoms with Gasteiger partial charge in [-0.25, -0.2) is 9.78 Å². The van der Waals surface area contributed by atoms with Crippen molar-refractivity contribution in [1.82, 2.24) is 9.97 Å². The number of carbonyl (C=O) groups is 1. The van der Waals surface area contributed by atoms with Crippen molar-refractivity contribution in [3.8, 4) is 11.3 Å². The summed E-state index contributed by atoms with van der Waals surface area (Å²) in [6.45, 7) is 1.56. The Morgan fingerprint density at radius 3 is 2.70 bits per heavy atom. The smallest absolute Gasteiger partial charge is 0.337 e. The van der Waals surface area contributed by atoms with E-state index in [1.165, 1.54) is 7.11 Å². The molecule has 1 aliphatic rings. The highest BCUT2D eigenvalue weighted by atomic mass is 16.5. The second kappa shape index (κ2) is 7.72. The van der Waals surface area contributed by atoms with Crippen molar-refractivity contribution >= 4 is 22.6 Å². The highest BCUT2D eigenvalue weighted by Gasteiger charge is 2.16. The number of pyridine rings is 2. The third-order valence-corrected chi connectivity index (χ3v) is 4.79. The maximum absolute atomic E-state index is 11.6. The Kier molecular flexibility index (Phi) is 4.98. The molecular formula is C21H21N3O3. The van der Waals surface area contributed by atoms with Crippen molar-refractivity contribution in [2.24, 2.45) is 0 Å². The highest BCUT2D eigenvalue weighted by Crippen LogP contribution is 2.29. The number of rotatable bonds is 4. The third-order valence-electron chi connectivity index (χ3n) is 4.79. The molecular weight excluding hydrogens is 342 g/mol. The molecule has 4 rings (SSSR count). The van der Waals surface area contributed by atoms with E-state index in [2.05, 4.69) is 10.3 Å². The number of hydrogen-bond donors (Lipinski definition) is 1. The van der Waals surface area contributed by atoms with Crippen molar-refractivity contribution in [3.63, 3.8) is 0 Å². The van der Waals surface area contributed by atoms with Crippen molar-refractivity contribution in [3.05, 3.63) is 54.4 Å². The minimum absolute atomic E-state index is 0.346. The zero-order chi connectivity index (χ0) is 18.6. The molecule has 3 aromatic rings.